The molecule has 0 spiro atoms. The minimum absolute atomic E-state index is 0.541. The Balaban J connectivity index is 2.16. The third kappa shape index (κ3) is 2.54. The summed E-state index contributed by atoms with van der Waals surface area (Å²) in [5, 5.41) is 0. The number of rotatable bonds is 0. The molecule has 0 radical (unpaired) electrons. The van der Waals surface area contributed by atoms with E-state index in [0.717, 1.165) is 17.7 Å². The molecular weight excluding hydrogens is 272 g/mol. The third-order valence-electron chi connectivity index (χ3n) is 2.31. The van der Waals surface area contributed by atoms with Gasteiger partial charge in [0.25, 0.3) is 0 Å². The highest BCUT2D eigenvalue weighted by atomic mass is 35.6. The van der Waals surface area contributed by atoms with Gasteiger partial charge in [0.1, 0.15) is 0 Å². The molecule has 3 nitrogen and oxygen atoms in total. The first-order valence-corrected chi connectivity index (χ1v) is 5.76. The molecule has 1 aliphatic rings. The molecule has 1 aromatic carbocycles. The Morgan fingerprint density at radius 2 is 2.00 bits per heavy atom. The number of hydrogen-bond acceptors (Lipinski definition) is 2. The maximum atomic E-state index is 11.7. The van der Waals surface area contributed by atoms with Crippen molar-refractivity contribution in [1.29, 1.82) is 0 Å². The number of benzene rings is 1. The van der Waals surface area contributed by atoms with Crippen LogP contribution in [-0.2, 0) is 11.2 Å². The molecule has 16 heavy (non-hydrogen) atoms. The monoisotopic (exact) mass is 279 g/mol. The van der Waals surface area contributed by atoms with Crippen LogP contribution in [0.5, 0.6) is 0 Å². The van der Waals surface area contributed by atoms with Crippen molar-refractivity contribution >= 4 is 46.6 Å². The molecule has 0 saturated carbocycles. The molecule has 0 bridgehead atoms. The van der Waals surface area contributed by atoms with Crippen molar-refractivity contribution in [1.82, 2.24) is 0 Å². The smallest absolute Gasteiger partial charge is 0.398 e. The number of halogens is 3. The molecule has 6 heteroatoms. The predicted octanol–water partition coefficient (Wildman–Crippen LogP) is 3.51. The summed E-state index contributed by atoms with van der Waals surface area (Å²) in [5.74, 6) is 0. The Hall–Kier alpha value is -0.640. The lowest BCUT2D eigenvalue weighted by Crippen LogP contribution is -2.32. The van der Waals surface area contributed by atoms with Crippen LogP contribution in [0.15, 0.2) is 24.3 Å². The second-order valence-electron chi connectivity index (χ2n) is 3.34. The molecule has 2 rings (SSSR count). The lowest BCUT2D eigenvalue weighted by atomic mass is 10.2. The van der Waals surface area contributed by atoms with E-state index in [4.69, 9.17) is 34.8 Å². The van der Waals surface area contributed by atoms with E-state index in [1.54, 1.807) is 0 Å². The first kappa shape index (κ1) is 11.8. The Kier molecular flexibility index (Phi) is 3.19. The number of nitrogens with zero attached hydrogens (tertiary/aromatic N) is 1. The quantitative estimate of drug-likeness (QED) is 0.681. The van der Waals surface area contributed by atoms with Gasteiger partial charge in [-0.25, -0.2) is 4.79 Å². The number of hydrogen-bond donors (Lipinski definition) is 0. The summed E-state index contributed by atoms with van der Waals surface area (Å²) in [7, 11) is 0. The molecule has 0 aromatic heterocycles. The zero-order valence-corrected chi connectivity index (χ0v) is 10.4. The van der Waals surface area contributed by atoms with E-state index in [2.05, 4.69) is 4.74 Å². The number of carbonyl (C=O) groups is 1. The van der Waals surface area contributed by atoms with Gasteiger partial charge in [0.05, 0.1) is 5.69 Å². The molecule has 0 aliphatic carbocycles. The maximum Gasteiger partial charge on any atom is 0.417 e. The topological polar surface area (TPSA) is 29.5 Å². The van der Waals surface area contributed by atoms with E-state index in [9.17, 15) is 4.79 Å². The van der Waals surface area contributed by atoms with Crippen LogP contribution in [0, 0.1) is 0 Å². The number of amides is 1. The summed E-state index contributed by atoms with van der Waals surface area (Å²) in [4.78, 5) is 13.1. The SMILES string of the molecule is O=C(OC(Cl)(Cl)Cl)N1CCc2ccccc21. The van der Waals surface area contributed by atoms with E-state index in [1.807, 2.05) is 24.3 Å². The molecule has 1 amide bonds. The van der Waals surface area contributed by atoms with Crippen LogP contribution in [0.25, 0.3) is 0 Å². The lowest BCUT2D eigenvalue weighted by molar-refractivity contribution is 0.152. The molecule has 0 saturated heterocycles. The first-order valence-electron chi connectivity index (χ1n) is 4.62. The molecule has 1 heterocycles. The second kappa shape index (κ2) is 4.32. The van der Waals surface area contributed by atoms with Crippen molar-refractivity contribution in [2.45, 2.75) is 10.4 Å². The number of ether oxygens (including phenoxy) is 1. The van der Waals surface area contributed by atoms with Crippen molar-refractivity contribution in [3.63, 3.8) is 0 Å². The van der Waals surface area contributed by atoms with Crippen LogP contribution < -0.4 is 4.90 Å². The lowest BCUT2D eigenvalue weighted by Gasteiger charge is -2.20. The number of para-hydroxylation sites is 1. The Bertz CT molecular complexity index is 417. The zero-order chi connectivity index (χ0) is 11.8. The van der Waals surface area contributed by atoms with Crippen LogP contribution in [0.1, 0.15) is 5.56 Å². The van der Waals surface area contributed by atoms with Crippen molar-refractivity contribution < 1.29 is 9.53 Å². The van der Waals surface area contributed by atoms with E-state index in [0.29, 0.717) is 6.54 Å². The van der Waals surface area contributed by atoms with E-state index in [1.165, 1.54) is 4.90 Å². The van der Waals surface area contributed by atoms with Crippen molar-refractivity contribution in [3.05, 3.63) is 29.8 Å². The van der Waals surface area contributed by atoms with Gasteiger partial charge in [-0.15, -0.1) is 0 Å². The van der Waals surface area contributed by atoms with E-state index < -0.39 is 10.1 Å². The maximum absolute atomic E-state index is 11.7. The minimum atomic E-state index is -2.02. The summed E-state index contributed by atoms with van der Waals surface area (Å²) in [6, 6.07) is 7.56. The van der Waals surface area contributed by atoms with Gasteiger partial charge in [-0.2, -0.15) is 0 Å². The fourth-order valence-electron chi connectivity index (χ4n) is 1.68. The average molecular weight is 281 g/mol. The van der Waals surface area contributed by atoms with Crippen molar-refractivity contribution in [2.75, 3.05) is 11.4 Å². The highest BCUT2D eigenvalue weighted by molar-refractivity contribution is 6.66. The Morgan fingerprint density at radius 3 is 2.69 bits per heavy atom. The van der Waals surface area contributed by atoms with Gasteiger partial charge < -0.3 is 4.74 Å². The number of alkyl halides is 3. The Morgan fingerprint density at radius 1 is 1.31 bits per heavy atom. The summed E-state index contributed by atoms with van der Waals surface area (Å²) >= 11 is 16.2. The molecule has 0 fully saturated rings. The summed E-state index contributed by atoms with van der Waals surface area (Å²) in [6.45, 7) is 0.541. The van der Waals surface area contributed by atoms with Crippen LogP contribution in [0.3, 0.4) is 0 Å². The van der Waals surface area contributed by atoms with Gasteiger partial charge in [-0.1, -0.05) is 18.2 Å². The number of carbonyl (C=O) groups excluding carboxylic acids is 1. The predicted molar refractivity (Wildman–Crippen MR) is 64.3 cm³/mol. The van der Waals surface area contributed by atoms with E-state index in [-0.39, 0.29) is 0 Å². The third-order valence-corrected chi connectivity index (χ3v) is 2.54. The van der Waals surface area contributed by atoms with E-state index >= 15 is 0 Å². The van der Waals surface area contributed by atoms with Crippen LogP contribution in [-0.4, -0.2) is 16.6 Å². The fourth-order valence-corrected chi connectivity index (χ4v) is 1.88. The highest BCUT2D eigenvalue weighted by Gasteiger charge is 2.32. The van der Waals surface area contributed by atoms with Gasteiger partial charge in [0.15, 0.2) is 0 Å². The fraction of sp³-hybridized carbons (Fsp3) is 0.300. The largest absolute Gasteiger partial charge is 0.417 e. The molecule has 0 unspecified atom stereocenters. The highest BCUT2D eigenvalue weighted by Crippen LogP contribution is 2.32. The summed E-state index contributed by atoms with van der Waals surface area (Å²) in [5.41, 5.74) is 1.89. The van der Waals surface area contributed by atoms with Gasteiger partial charge in [-0.05, 0) is 52.9 Å². The van der Waals surface area contributed by atoms with Gasteiger partial charge in [0.2, 0.25) is 0 Å². The minimum Gasteiger partial charge on any atom is -0.398 e. The van der Waals surface area contributed by atoms with Crippen molar-refractivity contribution in [3.8, 4) is 0 Å². The molecular formula is C10H8Cl3NO2. The van der Waals surface area contributed by atoms with Crippen LogP contribution >= 0.6 is 34.8 Å². The summed E-state index contributed by atoms with van der Waals surface area (Å²) in [6.07, 6.45) is 0.135. The van der Waals surface area contributed by atoms with Crippen LogP contribution in [0.2, 0.25) is 0 Å². The molecule has 1 aromatic rings. The molecule has 0 atom stereocenters. The van der Waals surface area contributed by atoms with Gasteiger partial charge in [0, 0.05) is 6.54 Å². The summed E-state index contributed by atoms with van der Waals surface area (Å²) < 4.78 is 2.64. The molecule has 1 aliphatic heterocycles. The molecule has 86 valence electrons. The second-order valence-corrected chi connectivity index (χ2v) is 5.52. The van der Waals surface area contributed by atoms with Gasteiger partial charge >= 0.3 is 10.1 Å². The average Bonchev–Trinajstić information content (AvgIpc) is 2.58. The normalized spacial score (nSPS) is 14.8. The zero-order valence-electron chi connectivity index (χ0n) is 8.12. The molecule has 0 N–H and O–H groups in total. The Labute approximate surface area is 108 Å². The van der Waals surface area contributed by atoms with Crippen molar-refractivity contribution in [2.24, 2.45) is 0 Å². The first-order chi connectivity index (χ1) is 7.47. The number of fused-ring (bicyclic) bond motifs is 1. The van der Waals surface area contributed by atoms with Gasteiger partial charge in [-0.3, -0.25) is 4.90 Å². The number of anilines is 1. The standard InChI is InChI=1S/C10H8Cl3NO2/c11-10(12,13)16-9(15)14-6-5-7-3-1-2-4-8(7)14/h1-4H,5-6H2. The van der Waals surface area contributed by atoms with Crippen LogP contribution in [0.4, 0.5) is 10.5 Å².